The van der Waals surface area contributed by atoms with Gasteiger partial charge < -0.3 is 10.5 Å². The first kappa shape index (κ1) is 11.6. The van der Waals surface area contributed by atoms with Crippen molar-refractivity contribution in [3.63, 3.8) is 0 Å². The highest BCUT2D eigenvalue weighted by Gasteiger charge is 2.24. The van der Waals surface area contributed by atoms with E-state index in [0.717, 1.165) is 6.42 Å². The fourth-order valence-electron chi connectivity index (χ4n) is 2.26. The predicted molar refractivity (Wildman–Crippen MR) is 67.9 cm³/mol. The number of nitrogen functional groups attached to an aromatic ring is 1. The molecule has 16 heavy (non-hydrogen) atoms. The largest absolute Gasteiger partial charge is 0.486 e. The lowest BCUT2D eigenvalue weighted by Crippen LogP contribution is -2.28. The van der Waals surface area contributed by atoms with Crippen molar-refractivity contribution in [2.24, 2.45) is 5.92 Å². The molecule has 1 aromatic carbocycles. The van der Waals surface area contributed by atoms with E-state index in [1.807, 2.05) is 18.2 Å². The summed E-state index contributed by atoms with van der Waals surface area (Å²) in [6.45, 7) is 2.23. The Morgan fingerprint density at radius 2 is 2.06 bits per heavy atom. The third kappa shape index (κ3) is 2.43. The second kappa shape index (κ2) is 4.96. The first-order valence-electron chi connectivity index (χ1n) is 5.89. The number of nitrogens with two attached hydrogens (primary N) is 1. The molecule has 0 saturated heterocycles. The molecule has 0 aromatic heterocycles. The summed E-state index contributed by atoms with van der Waals surface area (Å²) in [7, 11) is 0. The molecule has 0 aliphatic heterocycles. The zero-order valence-electron chi connectivity index (χ0n) is 9.58. The van der Waals surface area contributed by atoms with Crippen LogP contribution in [0.5, 0.6) is 5.75 Å². The van der Waals surface area contributed by atoms with Crippen LogP contribution in [0.15, 0.2) is 18.2 Å². The van der Waals surface area contributed by atoms with Crippen molar-refractivity contribution in [3.05, 3.63) is 23.2 Å². The summed E-state index contributed by atoms with van der Waals surface area (Å²) in [6.07, 6.45) is 5.13. The minimum absolute atomic E-state index is 0.260. The number of anilines is 1. The van der Waals surface area contributed by atoms with Crippen molar-refractivity contribution in [2.45, 2.75) is 38.7 Å². The molecule has 2 nitrogen and oxygen atoms in total. The van der Waals surface area contributed by atoms with Gasteiger partial charge in [-0.25, -0.2) is 0 Å². The van der Waals surface area contributed by atoms with Crippen molar-refractivity contribution in [2.75, 3.05) is 5.73 Å². The van der Waals surface area contributed by atoms with Crippen LogP contribution in [0.3, 0.4) is 0 Å². The molecular formula is C13H18ClNO. The van der Waals surface area contributed by atoms with Crippen molar-refractivity contribution >= 4 is 17.3 Å². The average molecular weight is 240 g/mol. The van der Waals surface area contributed by atoms with E-state index in [0.29, 0.717) is 22.4 Å². The smallest absolute Gasteiger partial charge is 0.161 e. The van der Waals surface area contributed by atoms with E-state index < -0.39 is 0 Å². The van der Waals surface area contributed by atoms with Crippen molar-refractivity contribution in [3.8, 4) is 5.75 Å². The number of para-hydroxylation sites is 1. The molecular weight excluding hydrogens is 222 g/mol. The first-order valence-corrected chi connectivity index (χ1v) is 6.27. The molecule has 0 heterocycles. The molecule has 1 aliphatic carbocycles. The van der Waals surface area contributed by atoms with E-state index in [1.54, 1.807) is 0 Å². The van der Waals surface area contributed by atoms with Crippen LogP contribution < -0.4 is 10.5 Å². The van der Waals surface area contributed by atoms with Gasteiger partial charge in [0.2, 0.25) is 0 Å². The van der Waals surface area contributed by atoms with Gasteiger partial charge >= 0.3 is 0 Å². The Balaban J connectivity index is 2.13. The highest BCUT2D eigenvalue weighted by Crippen LogP contribution is 2.35. The topological polar surface area (TPSA) is 35.2 Å². The standard InChI is InChI=1S/C13H18ClNO/c1-9-5-2-3-8-12(9)16-13-10(14)6-4-7-11(13)15/h4,6-7,9,12H,2-3,5,8,15H2,1H3. The van der Waals surface area contributed by atoms with Crippen LogP contribution in [0.1, 0.15) is 32.6 Å². The van der Waals surface area contributed by atoms with Gasteiger partial charge in [-0.3, -0.25) is 0 Å². The van der Waals surface area contributed by atoms with E-state index in [1.165, 1.54) is 19.3 Å². The molecule has 0 bridgehead atoms. The molecule has 1 fully saturated rings. The summed E-state index contributed by atoms with van der Waals surface area (Å²) in [5.74, 6) is 1.24. The molecule has 1 aromatic rings. The number of ether oxygens (including phenoxy) is 1. The monoisotopic (exact) mass is 239 g/mol. The normalized spacial score (nSPS) is 25.4. The summed E-state index contributed by atoms with van der Waals surface area (Å²) in [5, 5.41) is 0.609. The molecule has 2 N–H and O–H groups in total. The molecule has 2 atom stereocenters. The third-order valence-corrected chi connectivity index (χ3v) is 3.60. The molecule has 2 rings (SSSR count). The zero-order chi connectivity index (χ0) is 11.5. The van der Waals surface area contributed by atoms with Gasteiger partial charge in [-0.2, -0.15) is 0 Å². The number of hydrogen-bond donors (Lipinski definition) is 1. The predicted octanol–water partition coefficient (Wildman–Crippen LogP) is 3.88. The van der Waals surface area contributed by atoms with Gasteiger partial charge in [0.1, 0.15) is 6.10 Å². The van der Waals surface area contributed by atoms with E-state index in [-0.39, 0.29) is 6.10 Å². The minimum atomic E-state index is 0.260. The zero-order valence-corrected chi connectivity index (χ0v) is 10.3. The molecule has 3 heteroatoms. The molecule has 1 saturated carbocycles. The maximum Gasteiger partial charge on any atom is 0.161 e. The van der Waals surface area contributed by atoms with Gasteiger partial charge in [0.15, 0.2) is 5.75 Å². The Kier molecular flexibility index (Phi) is 3.59. The lowest BCUT2D eigenvalue weighted by molar-refractivity contribution is 0.103. The number of rotatable bonds is 2. The Morgan fingerprint density at radius 1 is 1.31 bits per heavy atom. The first-order chi connectivity index (χ1) is 7.68. The van der Waals surface area contributed by atoms with Crippen molar-refractivity contribution < 1.29 is 4.74 Å². The quantitative estimate of drug-likeness (QED) is 0.795. The average Bonchev–Trinajstić information content (AvgIpc) is 2.26. The Hall–Kier alpha value is -0.890. The summed E-state index contributed by atoms with van der Waals surface area (Å²) >= 11 is 6.09. The second-order valence-corrected chi connectivity index (χ2v) is 4.98. The number of benzene rings is 1. The maximum absolute atomic E-state index is 6.09. The Bertz CT molecular complexity index is 347. The van der Waals surface area contributed by atoms with Crippen LogP contribution >= 0.6 is 11.6 Å². The fourth-order valence-corrected chi connectivity index (χ4v) is 2.48. The Labute approximate surface area is 102 Å². The highest BCUT2D eigenvalue weighted by molar-refractivity contribution is 6.32. The van der Waals surface area contributed by atoms with Crippen LogP contribution in [0.4, 0.5) is 5.69 Å². The van der Waals surface area contributed by atoms with Crippen LogP contribution in [0.2, 0.25) is 5.02 Å². The lowest BCUT2D eigenvalue weighted by atomic mass is 9.88. The summed E-state index contributed by atoms with van der Waals surface area (Å²) in [5.41, 5.74) is 6.50. The SMILES string of the molecule is CC1CCCCC1Oc1c(N)cccc1Cl. The lowest BCUT2D eigenvalue weighted by Gasteiger charge is -2.30. The van der Waals surface area contributed by atoms with Crippen LogP contribution in [-0.2, 0) is 0 Å². The molecule has 2 unspecified atom stereocenters. The summed E-state index contributed by atoms with van der Waals surface area (Å²) in [4.78, 5) is 0. The maximum atomic E-state index is 6.09. The fraction of sp³-hybridized carbons (Fsp3) is 0.538. The van der Waals surface area contributed by atoms with Gasteiger partial charge in [0, 0.05) is 0 Å². The molecule has 0 radical (unpaired) electrons. The molecule has 0 spiro atoms. The van der Waals surface area contributed by atoms with Gasteiger partial charge in [0.25, 0.3) is 0 Å². The van der Waals surface area contributed by atoms with Gasteiger partial charge in [-0.05, 0) is 37.3 Å². The summed E-state index contributed by atoms with van der Waals surface area (Å²) in [6, 6.07) is 5.49. The van der Waals surface area contributed by atoms with Crippen molar-refractivity contribution in [1.29, 1.82) is 0 Å². The third-order valence-electron chi connectivity index (χ3n) is 3.30. The number of hydrogen-bond acceptors (Lipinski definition) is 2. The molecule has 88 valence electrons. The molecule has 0 amide bonds. The molecule has 1 aliphatic rings. The van der Waals surface area contributed by atoms with E-state index in [4.69, 9.17) is 22.1 Å². The second-order valence-electron chi connectivity index (χ2n) is 4.58. The van der Waals surface area contributed by atoms with Crippen LogP contribution in [-0.4, -0.2) is 6.10 Å². The van der Waals surface area contributed by atoms with E-state index in [2.05, 4.69) is 6.92 Å². The van der Waals surface area contributed by atoms with Crippen LogP contribution in [0, 0.1) is 5.92 Å². The minimum Gasteiger partial charge on any atom is -0.486 e. The number of halogens is 1. The summed E-state index contributed by atoms with van der Waals surface area (Å²) < 4.78 is 5.97. The highest BCUT2D eigenvalue weighted by atomic mass is 35.5. The van der Waals surface area contributed by atoms with E-state index >= 15 is 0 Å². The van der Waals surface area contributed by atoms with Gasteiger partial charge in [-0.1, -0.05) is 31.0 Å². The Morgan fingerprint density at radius 3 is 2.75 bits per heavy atom. The van der Waals surface area contributed by atoms with Gasteiger partial charge in [0.05, 0.1) is 10.7 Å². The van der Waals surface area contributed by atoms with Crippen LogP contribution in [0.25, 0.3) is 0 Å². The van der Waals surface area contributed by atoms with Crippen molar-refractivity contribution in [1.82, 2.24) is 0 Å². The van der Waals surface area contributed by atoms with E-state index in [9.17, 15) is 0 Å². The van der Waals surface area contributed by atoms with Gasteiger partial charge in [-0.15, -0.1) is 0 Å².